The lowest BCUT2D eigenvalue weighted by molar-refractivity contribution is -0.138. The van der Waals surface area contributed by atoms with Crippen LogP contribution in [0.15, 0.2) is 24.3 Å². The minimum Gasteiger partial charge on any atom is -0.465 e. The van der Waals surface area contributed by atoms with Gasteiger partial charge >= 0.3 is 12.1 Å². The smallest absolute Gasteiger partial charge is 0.417 e. The summed E-state index contributed by atoms with van der Waals surface area (Å²) in [6.45, 7) is 5.39. The summed E-state index contributed by atoms with van der Waals surface area (Å²) >= 11 is 0. The lowest BCUT2D eigenvalue weighted by atomic mass is 9.97. The Morgan fingerprint density at radius 2 is 1.89 bits per heavy atom. The molecule has 1 aromatic carbocycles. The second kappa shape index (κ2) is 8.06. The van der Waals surface area contributed by atoms with Gasteiger partial charge in [0.25, 0.3) is 0 Å². The van der Waals surface area contributed by atoms with E-state index in [4.69, 9.17) is 0 Å². The summed E-state index contributed by atoms with van der Waals surface area (Å²) in [5.74, 6) is -1.43. The van der Waals surface area contributed by atoms with Gasteiger partial charge in [-0.05, 0) is 43.4 Å². The number of ether oxygens (including phenoxy) is 1. The summed E-state index contributed by atoms with van der Waals surface area (Å²) in [4.78, 5) is 16.3. The van der Waals surface area contributed by atoms with Gasteiger partial charge in [0.05, 0.1) is 29.6 Å². The van der Waals surface area contributed by atoms with Crippen LogP contribution in [0.25, 0.3) is 11.3 Å². The number of halogens is 4. The van der Waals surface area contributed by atoms with Gasteiger partial charge in [0.2, 0.25) is 0 Å². The van der Waals surface area contributed by atoms with Crippen molar-refractivity contribution >= 4 is 5.97 Å². The molecule has 27 heavy (non-hydrogen) atoms. The monoisotopic (exact) mass is 383 g/mol. The van der Waals surface area contributed by atoms with E-state index in [0.29, 0.717) is 12.0 Å². The Bertz CT molecular complexity index is 845. The first-order chi connectivity index (χ1) is 12.5. The van der Waals surface area contributed by atoms with Gasteiger partial charge in [-0.2, -0.15) is 13.2 Å². The fourth-order valence-corrected chi connectivity index (χ4v) is 2.66. The van der Waals surface area contributed by atoms with Gasteiger partial charge in [-0.25, -0.2) is 9.18 Å². The molecule has 0 radical (unpaired) electrons. The maximum Gasteiger partial charge on any atom is 0.417 e. The first-order valence-electron chi connectivity index (χ1n) is 8.50. The molecule has 0 atom stereocenters. The number of esters is 1. The number of alkyl halides is 3. The van der Waals surface area contributed by atoms with Crippen LogP contribution in [0.2, 0.25) is 0 Å². The molecule has 3 nitrogen and oxygen atoms in total. The molecule has 0 saturated carbocycles. The Hall–Kier alpha value is -2.44. The van der Waals surface area contributed by atoms with Crippen LogP contribution in [0.1, 0.15) is 47.4 Å². The number of aryl methyl sites for hydroxylation is 2. The molecule has 0 spiro atoms. The highest BCUT2D eigenvalue weighted by atomic mass is 19.4. The van der Waals surface area contributed by atoms with Gasteiger partial charge in [0.15, 0.2) is 0 Å². The molecule has 0 unspecified atom stereocenters. The number of carbonyl (C=O) groups excluding carboxylic acids is 1. The number of carbonyl (C=O) groups is 1. The van der Waals surface area contributed by atoms with Crippen LogP contribution in [-0.4, -0.2) is 18.1 Å². The number of hydrogen-bond acceptors (Lipinski definition) is 3. The lowest BCUT2D eigenvalue weighted by Gasteiger charge is -2.17. The second-order valence-corrected chi connectivity index (χ2v) is 6.76. The van der Waals surface area contributed by atoms with E-state index in [1.807, 2.05) is 13.8 Å². The number of nitrogens with zero attached hydrogens (tertiary/aromatic N) is 1. The fraction of sp³-hybridized carbons (Fsp3) is 0.400. The number of aromatic nitrogens is 1. The van der Waals surface area contributed by atoms with Crippen molar-refractivity contribution in [3.63, 3.8) is 0 Å². The molecular formula is C20H21F4NO2. The Kier molecular flexibility index (Phi) is 6.23. The zero-order valence-electron chi connectivity index (χ0n) is 15.6. The van der Waals surface area contributed by atoms with Crippen LogP contribution >= 0.6 is 0 Å². The van der Waals surface area contributed by atoms with Gasteiger partial charge in [-0.1, -0.05) is 26.0 Å². The maximum atomic E-state index is 13.9. The second-order valence-electron chi connectivity index (χ2n) is 6.76. The third-order valence-corrected chi connectivity index (χ3v) is 4.22. The predicted molar refractivity (Wildman–Crippen MR) is 93.9 cm³/mol. The van der Waals surface area contributed by atoms with E-state index in [1.165, 1.54) is 12.1 Å². The lowest BCUT2D eigenvalue weighted by Crippen LogP contribution is -2.19. The molecule has 2 aromatic rings. The summed E-state index contributed by atoms with van der Waals surface area (Å²) in [5, 5.41) is 0. The zero-order chi connectivity index (χ0) is 20.4. The summed E-state index contributed by atoms with van der Waals surface area (Å²) in [6, 6.07) is 4.89. The third kappa shape index (κ3) is 4.84. The van der Waals surface area contributed by atoms with Crippen LogP contribution < -0.4 is 0 Å². The SMILES string of the molecule is COC(=O)c1c(C(F)(F)F)cc(-c2ccc(C)c(F)c2)nc1CCC(C)C. The first-order valence-corrected chi connectivity index (χ1v) is 8.50. The highest BCUT2D eigenvalue weighted by Crippen LogP contribution is 2.36. The fourth-order valence-electron chi connectivity index (χ4n) is 2.66. The van der Waals surface area contributed by atoms with Crippen LogP contribution in [0, 0.1) is 18.7 Å². The number of methoxy groups -OCH3 is 1. The minimum absolute atomic E-state index is 0.00126. The Morgan fingerprint density at radius 3 is 2.41 bits per heavy atom. The predicted octanol–water partition coefficient (Wildman–Crippen LogP) is 5.59. The van der Waals surface area contributed by atoms with Crippen molar-refractivity contribution in [1.29, 1.82) is 0 Å². The van der Waals surface area contributed by atoms with Gasteiger partial charge < -0.3 is 4.74 Å². The van der Waals surface area contributed by atoms with Crippen LogP contribution in [0.4, 0.5) is 17.6 Å². The van der Waals surface area contributed by atoms with Crippen LogP contribution in [0.3, 0.4) is 0 Å². The summed E-state index contributed by atoms with van der Waals surface area (Å²) in [5.41, 5.74) is -1.15. The molecular weight excluding hydrogens is 362 g/mol. The van der Waals surface area contributed by atoms with E-state index in [2.05, 4.69) is 9.72 Å². The van der Waals surface area contributed by atoms with Crippen molar-refractivity contribution in [2.75, 3.05) is 7.11 Å². The summed E-state index contributed by atoms with van der Waals surface area (Å²) in [6.07, 6.45) is -4.07. The quantitative estimate of drug-likeness (QED) is 0.499. The van der Waals surface area contributed by atoms with Crippen molar-refractivity contribution in [3.8, 4) is 11.3 Å². The molecule has 0 bridgehead atoms. The minimum atomic E-state index is -4.78. The molecule has 0 aliphatic rings. The summed E-state index contributed by atoms with van der Waals surface area (Å²) in [7, 11) is 1.03. The molecule has 1 heterocycles. The van der Waals surface area contributed by atoms with Crippen molar-refractivity contribution in [2.24, 2.45) is 5.92 Å². The van der Waals surface area contributed by atoms with Crippen molar-refractivity contribution in [3.05, 3.63) is 52.5 Å². The van der Waals surface area contributed by atoms with E-state index in [9.17, 15) is 22.4 Å². The number of pyridine rings is 1. The van der Waals surface area contributed by atoms with Crippen LogP contribution in [0.5, 0.6) is 0 Å². The van der Waals surface area contributed by atoms with E-state index in [1.54, 1.807) is 6.92 Å². The summed E-state index contributed by atoms with van der Waals surface area (Å²) < 4.78 is 59.4. The molecule has 0 N–H and O–H groups in total. The van der Waals surface area contributed by atoms with Gasteiger partial charge in [-0.15, -0.1) is 0 Å². The molecule has 0 saturated heterocycles. The zero-order valence-corrected chi connectivity index (χ0v) is 15.6. The largest absolute Gasteiger partial charge is 0.465 e. The molecule has 2 rings (SSSR count). The molecule has 1 aromatic heterocycles. The van der Waals surface area contributed by atoms with Gasteiger partial charge in [-0.3, -0.25) is 4.98 Å². The Morgan fingerprint density at radius 1 is 1.22 bits per heavy atom. The van der Waals surface area contributed by atoms with E-state index >= 15 is 0 Å². The topological polar surface area (TPSA) is 39.2 Å². The van der Waals surface area contributed by atoms with Crippen molar-refractivity contribution < 1.29 is 27.1 Å². The molecule has 0 aliphatic heterocycles. The normalized spacial score (nSPS) is 11.7. The highest BCUT2D eigenvalue weighted by Gasteiger charge is 2.38. The highest BCUT2D eigenvalue weighted by molar-refractivity contribution is 5.93. The number of benzene rings is 1. The van der Waals surface area contributed by atoms with Crippen molar-refractivity contribution in [1.82, 2.24) is 4.98 Å². The van der Waals surface area contributed by atoms with E-state index in [-0.39, 0.29) is 29.3 Å². The molecule has 7 heteroatoms. The third-order valence-electron chi connectivity index (χ3n) is 4.22. The first kappa shape index (κ1) is 20.9. The molecule has 0 aliphatic carbocycles. The average molecular weight is 383 g/mol. The Balaban J connectivity index is 2.73. The molecule has 146 valence electrons. The Labute approximate surface area is 155 Å². The van der Waals surface area contributed by atoms with Crippen molar-refractivity contribution in [2.45, 2.75) is 39.8 Å². The van der Waals surface area contributed by atoms with Gasteiger partial charge in [0.1, 0.15) is 5.82 Å². The number of hydrogen-bond donors (Lipinski definition) is 0. The van der Waals surface area contributed by atoms with E-state index in [0.717, 1.165) is 19.2 Å². The molecule has 0 fully saturated rings. The van der Waals surface area contributed by atoms with Gasteiger partial charge in [0, 0.05) is 5.56 Å². The number of rotatable bonds is 5. The average Bonchev–Trinajstić information content (AvgIpc) is 2.60. The van der Waals surface area contributed by atoms with E-state index < -0.39 is 29.1 Å². The molecule has 0 amide bonds. The maximum absolute atomic E-state index is 13.9. The van der Waals surface area contributed by atoms with Crippen LogP contribution in [-0.2, 0) is 17.3 Å². The standard InChI is InChI=1S/C20H21F4NO2/c1-11(2)5-8-16-18(19(26)27-4)14(20(22,23)24)10-17(25-16)13-7-6-12(3)15(21)9-13/h6-7,9-11H,5,8H2,1-4H3.